The van der Waals surface area contributed by atoms with Crippen molar-refractivity contribution in [2.75, 3.05) is 26.2 Å². The van der Waals surface area contributed by atoms with Crippen LogP contribution in [-0.2, 0) is 21.4 Å². The number of hydrogen-bond donors (Lipinski definition) is 0. The van der Waals surface area contributed by atoms with Crippen LogP contribution in [0.2, 0.25) is 0 Å². The summed E-state index contributed by atoms with van der Waals surface area (Å²) in [5.74, 6) is -0.987. The number of aryl methyl sites for hydroxylation is 1. The van der Waals surface area contributed by atoms with Crippen molar-refractivity contribution in [1.29, 1.82) is 0 Å². The van der Waals surface area contributed by atoms with E-state index in [1.807, 2.05) is 19.1 Å². The zero-order valence-electron chi connectivity index (χ0n) is 16.9. The third-order valence-electron chi connectivity index (χ3n) is 5.38. The van der Waals surface area contributed by atoms with Crippen LogP contribution in [0.15, 0.2) is 56.6 Å². The quantitative estimate of drug-likeness (QED) is 0.419. The zero-order valence-corrected chi connectivity index (χ0v) is 17.7. The second-order valence-corrected chi connectivity index (χ2v) is 9.36. The Labute approximate surface area is 178 Å². The van der Waals surface area contributed by atoms with Gasteiger partial charge in [0, 0.05) is 37.8 Å². The summed E-state index contributed by atoms with van der Waals surface area (Å²) >= 11 is 0. The van der Waals surface area contributed by atoms with Crippen molar-refractivity contribution in [3.63, 3.8) is 0 Å². The molecular formula is C21H21N3O6S. The number of nitrogens with zero attached hydrogens (tertiary/aromatic N) is 3. The first kappa shape index (κ1) is 21.0. The fourth-order valence-electron chi connectivity index (χ4n) is 3.53. The van der Waals surface area contributed by atoms with Gasteiger partial charge in [0.2, 0.25) is 16.4 Å². The molecule has 1 fully saturated rings. The lowest BCUT2D eigenvalue weighted by Crippen LogP contribution is -2.47. The number of ketones is 1. The molecule has 162 valence electrons. The molecule has 10 heteroatoms. The molecule has 0 unspecified atom stereocenters. The summed E-state index contributed by atoms with van der Waals surface area (Å²) < 4.78 is 33.6. The maximum atomic E-state index is 12.9. The standard InChI is InChI=1S/C21H21N3O6S/c1-15-2-4-16(5-3-15)19(26)13-24-18-7-6-17(12-20(18)30-21(24)27)31(28,29)23-10-8-22(14-25)9-11-23/h2-7,12,14H,8-11,13H2,1H3. The Balaban J connectivity index is 1.61. The molecule has 0 bridgehead atoms. The SMILES string of the molecule is Cc1ccc(C(=O)Cn2c(=O)oc3cc(S(=O)(=O)N4CCN(C=O)CC4)ccc32)cc1. The summed E-state index contributed by atoms with van der Waals surface area (Å²) in [6, 6.07) is 11.2. The van der Waals surface area contributed by atoms with Gasteiger partial charge in [-0.25, -0.2) is 13.2 Å². The third-order valence-corrected chi connectivity index (χ3v) is 7.27. The number of carbonyl (C=O) groups excluding carboxylic acids is 2. The highest BCUT2D eigenvalue weighted by Gasteiger charge is 2.29. The second kappa shape index (κ2) is 8.12. The average molecular weight is 443 g/mol. The summed E-state index contributed by atoms with van der Waals surface area (Å²) in [4.78, 5) is 37.3. The number of oxazole rings is 1. The number of hydrogen-bond acceptors (Lipinski definition) is 6. The highest BCUT2D eigenvalue weighted by molar-refractivity contribution is 7.89. The minimum absolute atomic E-state index is 0.00897. The number of Topliss-reactive ketones (excluding diaryl/α,β-unsaturated/α-hetero) is 1. The van der Waals surface area contributed by atoms with E-state index in [1.54, 1.807) is 12.1 Å². The highest BCUT2D eigenvalue weighted by atomic mass is 32.2. The minimum atomic E-state index is -3.81. The van der Waals surface area contributed by atoms with Gasteiger partial charge in [0.15, 0.2) is 11.4 Å². The molecule has 2 aromatic carbocycles. The summed E-state index contributed by atoms with van der Waals surface area (Å²) in [7, 11) is -3.81. The topological polar surface area (TPSA) is 110 Å². The number of carbonyl (C=O) groups is 2. The van der Waals surface area contributed by atoms with Gasteiger partial charge in [-0.2, -0.15) is 4.31 Å². The molecule has 31 heavy (non-hydrogen) atoms. The highest BCUT2D eigenvalue weighted by Crippen LogP contribution is 2.23. The van der Waals surface area contributed by atoms with Crippen molar-refractivity contribution in [2.24, 2.45) is 0 Å². The van der Waals surface area contributed by atoms with Gasteiger partial charge in [0.25, 0.3) is 0 Å². The maximum absolute atomic E-state index is 12.9. The molecule has 1 aromatic heterocycles. The minimum Gasteiger partial charge on any atom is -0.408 e. The van der Waals surface area contributed by atoms with E-state index in [2.05, 4.69) is 0 Å². The van der Waals surface area contributed by atoms with Gasteiger partial charge in [-0.15, -0.1) is 0 Å². The first-order chi connectivity index (χ1) is 14.8. The molecule has 1 amide bonds. The van der Waals surface area contributed by atoms with Crippen LogP contribution in [0.4, 0.5) is 0 Å². The number of rotatable bonds is 6. The van der Waals surface area contributed by atoms with Crippen LogP contribution in [0.5, 0.6) is 0 Å². The summed E-state index contributed by atoms with van der Waals surface area (Å²) in [6.07, 6.45) is 0.700. The predicted molar refractivity (Wildman–Crippen MR) is 112 cm³/mol. The lowest BCUT2D eigenvalue weighted by atomic mass is 10.1. The van der Waals surface area contributed by atoms with Gasteiger partial charge >= 0.3 is 5.76 Å². The number of benzene rings is 2. The van der Waals surface area contributed by atoms with Crippen LogP contribution in [0.1, 0.15) is 15.9 Å². The van der Waals surface area contributed by atoms with Crippen molar-refractivity contribution in [3.8, 4) is 0 Å². The van der Waals surface area contributed by atoms with Crippen molar-refractivity contribution in [1.82, 2.24) is 13.8 Å². The fraction of sp³-hybridized carbons (Fsp3) is 0.286. The lowest BCUT2D eigenvalue weighted by Gasteiger charge is -2.31. The number of aromatic nitrogens is 1. The molecule has 2 heterocycles. The molecule has 0 radical (unpaired) electrons. The Morgan fingerprint density at radius 1 is 1.06 bits per heavy atom. The zero-order chi connectivity index (χ0) is 22.2. The normalized spacial score (nSPS) is 15.3. The molecule has 4 rings (SSSR count). The Morgan fingerprint density at radius 2 is 1.74 bits per heavy atom. The molecule has 0 atom stereocenters. The van der Waals surface area contributed by atoms with Crippen molar-refractivity contribution < 1.29 is 22.4 Å². The first-order valence-electron chi connectivity index (χ1n) is 9.72. The van der Waals surface area contributed by atoms with E-state index >= 15 is 0 Å². The van der Waals surface area contributed by atoms with Crippen molar-refractivity contribution in [2.45, 2.75) is 18.4 Å². The molecule has 1 aliphatic heterocycles. The number of fused-ring (bicyclic) bond motifs is 1. The van der Waals surface area contributed by atoms with E-state index in [4.69, 9.17) is 4.42 Å². The van der Waals surface area contributed by atoms with Crippen LogP contribution in [-0.4, -0.2) is 60.6 Å². The van der Waals surface area contributed by atoms with Crippen LogP contribution < -0.4 is 5.76 Å². The molecule has 0 N–H and O–H groups in total. The van der Waals surface area contributed by atoms with Crippen molar-refractivity contribution in [3.05, 3.63) is 64.1 Å². The lowest BCUT2D eigenvalue weighted by molar-refractivity contribution is -0.119. The van der Waals surface area contributed by atoms with Gasteiger partial charge < -0.3 is 9.32 Å². The Kier molecular flexibility index (Phi) is 5.50. The number of piperazine rings is 1. The van der Waals surface area contributed by atoms with E-state index in [0.717, 1.165) is 5.56 Å². The van der Waals surface area contributed by atoms with Crippen molar-refractivity contribution >= 4 is 33.3 Å². The monoisotopic (exact) mass is 443 g/mol. The van der Waals surface area contributed by atoms with E-state index in [1.165, 1.54) is 32.0 Å². The van der Waals surface area contributed by atoms with Crippen LogP contribution >= 0.6 is 0 Å². The first-order valence-corrected chi connectivity index (χ1v) is 11.2. The third kappa shape index (κ3) is 4.04. The molecular weight excluding hydrogens is 422 g/mol. The van der Waals surface area contributed by atoms with E-state index in [9.17, 15) is 22.8 Å². The largest absolute Gasteiger partial charge is 0.420 e. The number of sulfonamides is 1. The smallest absolute Gasteiger partial charge is 0.408 e. The van der Waals surface area contributed by atoms with E-state index in [-0.39, 0.29) is 35.9 Å². The summed E-state index contributed by atoms with van der Waals surface area (Å²) in [6.45, 7) is 2.71. The van der Waals surface area contributed by atoms with Crippen LogP contribution in [0, 0.1) is 6.92 Å². The predicted octanol–water partition coefficient (Wildman–Crippen LogP) is 1.25. The van der Waals surface area contributed by atoms with Crippen LogP contribution in [0.25, 0.3) is 11.1 Å². The summed E-state index contributed by atoms with van der Waals surface area (Å²) in [5.41, 5.74) is 1.92. The molecule has 1 saturated heterocycles. The Morgan fingerprint density at radius 3 is 2.39 bits per heavy atom. The van der Waals surface area contributed by atoms with E-state index in [0.29, 0.717) is 30.6 Å². The van der Waals surface area contributed by atoms with Gasteiger partial charge in [-0.1, -0.05) is 29.8 Å². The molecule has 3 aromatic rings. The molecule has 0 spiro atoms. The Bertz CT molecular complexity index is 1300. The molecule has 1 aliphatic rings. The second-order valence-electron chi connectivity index (χ2n) is 7.42. The summed E-state index contributed by atoms with van der Waals surface area (Å²) in [5, 5.41) is 0. The maximum Gasteiger partial charge on any atom is 0.420 e. The van der Waals surface area contributed by atoms with E-state index < -0.39 is 15.8 Å². The van der Waals surface area contributed by atoms with Gasteiger partial charge in [0.05, 0.1) is 17.0 Å². The molecule has 9 nitrogen and oxygen atoms in total. The van der Waals surface area contributed by atoms with Gasteiger partial charge in [-0.3, -0.25) is 14.2 Å². The average Bonchev–Trinajstić information content (AvgIpc) is 3.08. The Hall–Kier alpha value is -3.24. The van der Waals surface area contributed by atoms with Crippen LogP contribution in [0.3, 0.4) is 0 Å². The number of amides is 1. The van der Waals surface area contributed by atoms with Gasteiger partial charge in [0.1, 0.15) is 0 Å². The molecule has 0 saturated carbocycles. The molecule has 0 aliphatic carbocycles. The van der Waals surface area contributed by atoms with Gasteiger partial charge in [-0.05, 0) is 19.1 Å². The fourth-order valence-corrected chi connectivity index (χ4v) is 4.97.